The molecule has 0 aromatic heterocycles. The summed E-state index contributed by atoms with van der Waals surface area (Å²) in [4.78, 5) is 10.4. The minimum Gasteiger partial charge on any atom is -0.352 e. The Bertz CT molecular complexity index is 558. The van der Waals surface area contributed by atoms with E-state index in [1.54, 1.807) is 6.07 Å². The Hall–Kier alpha value is -2.16. The molecule has 2 rings (SSSR count). The molecule has 0 radical (unpaired) electrons. The van der Waals surface area contributed by atoms with Crippen molar-refractivity contribution in [3.8, 4) is 11.1 Å². The summed E-state index contributed by atoms with van der Waals surface area (Å²) >= 11 is 0. The fraction of sp³-hybridized carbons (Fsp3) is 0.188. The van der Waals surface area contributed by atoms with Crippen molar-refractivity contribution in [2.24, 2.45) is 0 Å². The van der Waals surface area contributed by atoms with Gasteiger partial charge in [0.05, 0.1) is 6.04 Å². The molecule has 0 fully saturated rings. The Kier molecular flexibility index (Phi) is 3.95. The van der Waals surface area contributed by atoms with Gasteiger partial charge in [0.2, 0.25) is 6.41 Å². The third-order valence-corrected chi connectivity index (χ3v) is 3.24. The van der Waals surface area contributed by atoms with E-state index in [1.165, 1.54) is 6.07 Å². The first kappa shape index (κ1) is 13.3. The summed E-state index contributed by atoms with van der Waals surface area (Å²) in [5, 5.41) is 2.69. The molecule has 0 aliphatic carbocycles. The summed E-state index contributed by atoms with van der Waals surface area (Å²) in [7, 11) is 0. The van der Waals surface area contributed by atoms with Gasteiger partial charge in [0.25, 0.3) is 0 Å². The Balaban J connectivity index is 2.35. The second-order valence-electron chi connectivity index (χ2n) is 4.56. The fourth-order valence-corrected chi connectivity index (χ4v) is 2.13. The Labute approximate surface area is 112 Å². The van der Waals surface area contributed by atoms with Crippen LogP contribution < -0.4 is 5.32 Å². The van der Waals surface area contributed by atoms with Crippen LogP contribution in [0.4, 0.5) is 4.39 Å². The monoisotopic (exact) mass is 257 g/mol. The molecule has 0 bridgehead atoms. The number of carbonyl (C=O) groups is 1. The lowest BCUT2D eigenvalue weighted by Gasteiger charge is -2.12. The van der Waals surface area contributed by atoms with Crippen LogP contribution in [0.1, 0.15) is 24.1 Å². The topological polar surface area (TPSA) is 29.1 Å². The summed E-state index contributed by atoms with van der Waals surface area (Å²) in [5.74, 6) is -0.216. The number of nitrogens with one attached hydrogen (secondary N) is 1. The summed E-state index contributed by atoms with van der Waals surface area (Å²) in [5.41, 5.74) is 3.37. The van der Waals surface area contributed by atoms with Gasteiger partial charge in [-0.25, -0.2) is 4.39 Å². The van der Waals surface area contributed by atoms with Crippen molar-refractivity contribution in [2.45, 2.75) is 19.9 Å². The maximum Gasteiger partial charge on any atom is 0.207 e. The van der Waals surface area contributed by atoms with Crippen molar-refractivity contribution in [1.29, 1.82) is 0 Å². The number of amides is 1. The molecule has 0 heterocycles. The van der Waals surface area contributed by atoms with E-state index in [9.17, 15) is 9.18 Å². The lowest BCUT2D eigenvalue weighted by Crippen LogP contribution is -2.15. The standard InChI is InChI=1S/C16H16FNO/c1-11-4-3-5-15(17)16(11)14-8-6-13(7-9-14)12(2)18-10-19/h3-10,12H,1-2H3,(H,18,19). The van der Waals surface area contributed by atoms with Gasteiger partial charge in [-0.05, 0) is 36.6 Å². The van der Waals surface area contributed by atoms with Crippen LogP contribution in [0.15, 0.2) is 42.5 Å². The van der Waals surface area contributed by atoms with Crippen LogP contribution in [0, 0.1) is 12.7 Å². The van der Waals surface area contributed by atoms with Crippen molar-refractivity contribution in [1.82, 2.24) is 5.32 Å². The highest BCUT2D eigenvalue weighted by atomic mass is 19.1. The van der Waals surface area contributed by atoms with Gasteiger partial charge >= 0.3 is 0 Å². The number of halogens is 1. The van der Waals surface area contributed by atoms with E-state index < -0.39 is 0 Å². The average molecular weight is 257 g/mol. The van der Waals surface area contributed by atoms with E-state index in [0.29, 0.717) is 12.0 Å². The van der Waals surface area contributed by atoms with Crippen LogP contribution in [-0.4, -0.2) is 6.41 Å². The maximum absolute atomic E-state index is 13.9. The number of hydrogen-bond donors (Lipinski definition) is 1. The van der Waals surface area contributed by atoms with Gasteiger partial charge in [-0.2, -0.15) is 0 Å². The Morgan fingerprint density at radius 3 is 2.42 bits per heavy atom. The quantitative estimate of drug-likeness (QED) is 0.833. The molecule has 1 amide bonds. The van der Waals surface area contributed by atoms with Crippen molar-refractivity contribution >= 4 is 6.41 Å². The van der Waals surface area contributed by atoms with Gasteiger partial charge in [-0.15, -0.1) is 0 Å². The Morgan fingerprint density at radius 1 is 1.16 bits per heavy atom. The first-order valence-electron chi connectivity index (χ1n) is 6.18. The van der Waals surface area contributed by atoms with Crippen LogP contribution in [0.3, 0.4) is 0 Å². The molecule has 1 atom stereocenters. The molecule has 2 nitrogen and oxygen atoms in total. The van der Waals surface area contributed by atoms with Crippen molar-refractivity contribution in [2.75, 3.05) is 0 Å². The first-order valence-corrected chi connectivity index (χ1v) is 6.18. The van der Waals surface area contributed by atoms with Gasteiger partial charge in [0.15, 0.2) is 0 Å². The van der Waals surface area contributed by atoms with Crippen molar-refractivity contribution < 1.29 is 9.18 Å². The molecule has 0 saturated heterocycles. The summed E-state index contributed by atoms with van der Waals surface area (Å²) in [6, 6.07) is 12.6. The molecule has 1 unspecified atom stereocenters. The third kappa shape index (κ3) is 2.81. The molecule has 98 valence electrons. The van der Waals surface area contributed by atoms with Gasteiger partial charge in [-0.3, -0.25) is 4.79 Å². The smallest absolute Gasteiger partial charge is 0.207 e. The van der Waals surface area contributed by atoms with E-state index in [0.717, 1.165) is 16.7 Å². The number of aryl methyl sites for hydroxylation is 1. The molecular weight excluding hydrogens is 241 g/mol. The zero-order chi connectivity index (χ0) is 13.8. The fourth-order valence-electron chi connectivity index (χ4n) is 2.13. The SMILES string of the molecule is Cc1cccc(F)c1-c1ccc(C(C)NC=O)cc1. The minimum atomic E-state index is -0.216. The number of carbonyl (C=O) groups excluding carboxylic acids is 1. The summed E-state index contributed by atoms with van der Waals surface area (Å²) < 4.78 is 13.9. The van der Waals surface area contributed by atoms with Gasteiger partial charge < -0.3 is 5.32 Å². The van der Waals surface area contributed by atoms with E-state index in [-0.39, 0.29) is 11.9 Å². The molecule has 2 aromatic carbocycles. The van der Waals surface area contributed by atoms with Crippen LogP contribution in [0.2, 0.25) is 0 Å². The van der Waals surface area contributed by atoms with Gasteiger partial charge in [0, 0.05) is 5.56 Å². The molecule has 3 heteroatoms. The predicted molar refractivity (Wildman–Crippen MR) is 74.2 cm³/mol. The second-order valence-corrected chi connectivity index (χ2v) is 4.56. The number of hydrogen-bond acceptors (Lipinski definition) is 1. The minimum absolute atomic E-state index is 0.0479. The number of rotatable bonds is 4. The highest BCUT2D eigenvalue weighted by Crippen LogP contribution is 2.27. The van der Waals surface area contributed by atoms with E-state index in [4.69, 9.17) is 0 Å². The predicted octanol–water partition coefficient (Wildman–Crippen LogP) is 3.61. The third-order valence-electron chi connectivity index (χ3n) is 3.24. The van der Waals surface area contributed by atoms with Crippen LogP contribution >= 0.6 is 0 Å². The molecule has 0 spiro atoms. The van der Waals surface area contributed by atoms with E-state index in [2.05, 4.69) is 5.32 Å². The zero-order valence-corrected chi connectivity index (χ0v) is 11.0. The molecule has 19 heavy (non-hydrogen) atoms. The van der Waals surface area contributed by atoms with Crippen molar-refractivity contribution in [3.05, 3.63) is 59.4 Å². The van der Waals surface area contributed by atoms with Crippen LogP contribution in [-0.2, 0) is 4.79 Å². The largest absolute Gasteiger partial charge is 0.352 e. The van der Waals surface area contributed by atoms with Gasteiger partial charge in [0.1, 0.15) is 5.82 Å². The second kappa shape index (κ2) is 5.65. The summed E-state index contributed by atoms with van der Waals surface area (Å²) in [6.07, 6.45) is 0.680. The molecular formula is C16H16FNO. The van der Waals surface area contributed by atoms with E-state index in [1.807, 2.05) is 44.2 Å². The van der Waals surface area contributed by atoms with Crippen LogP contribution in [0.5, 0.6) is 0 Å². The summed E-state index contributed by atoms with van der Waals surface area (Å²) in [6.45, 7) is 3.79. The van der Waals surface area contributed by atoms with E-state index >= 15 is 0 Å². The molecule has 1 N–H and O–H groups in total. The molecule has 0 aliphatic rings. The lowest BCUT2D eigenvalue weighted by atomic mass is 9.97. The van der Waals surface area contributed by atoms with Crippen LogP contribution in [0.25, 0.3) is 11.1 Å². The molecule has 2 aromatic rings. The normalized spacial score (nSPS) is 11.9. The highest BCUT2D eigenvalue weighted by Gasteiger charge is 2.09. The zero-order valence-electron chi connectivity index (χ0n) is 11.0. The molecule has 0 saturated carbocycles. The average Bonchev–Trinajstić information content (AvgIpc) is 2.39. The van der Waals surface area contributed by atoms with Gasteiger partial charge in [-0.1, -0.05) is 36.4 Å². The maximum atomic E-state index is 13.9. The Morgan fingerprint density at radius 2 is 1.84 bits per heavy atom. The first-order chi connectivity index (χ1) is 9.13. The lowest BCUT2D eigenvalue weighted by molar-refractivity contribution is -0.110. The molecule has 0 aliphatic heterocycles. The number of benzene rings is 2. The highest BCUT2D eigenvalue weighted by molar-refractivity contribution is 5.68. The van der Waals surface area contributed by atoms with Crippen molar-refractivity contribution in [3.63, 3.8) is 0 Å².